The van der Waals surface area contributed by atoms with E-state index in [0.717, 1.165) is 19.0 Å². The highest BCUT2D eigenvalue weighted by molar-refractivity contribution is 5.21. The minimum Gasteiger partial charge on any atom is -0.380 e. The lowest BCUT2D eigenvalue weighted by molar-refractivity contribution is 0.185. The van der Waals surface area contributed by atoms with Crippen LogP contribution in [0.1, 0.15) is 49.7 Å². The van der Waals surface area contributed by atoms with Crippen molar-refractivity contribution >= 4 is 0 Å². The highest BCUT2D eigenvalue weighted by atomic mass is 16.5. The van der Waals surface area contributed by atoms with Gasteiger partial charge in [-0.3, -0.25) is 0 Å². The van der Waals surface area contributed by atoms with Gasteiger partial charge >= 0.3 is 0 Å². The van der Waals surface area contributed by atoms with Crippen LogP contribution in [-0.4, -0.2) is 13.7 Å². The van der Waals surface area contributed by atoms with E-state index in [-0.39, 0.29) is 0 Å². The van der Waals surface area contributed by atoms with E-state index in [9.17, 15) is 0 Å². The number of ether oxygens (including phenoxy) is 1. The first-order chi connectivity index (χ1) is 9.38. The second-order valence-corrected chi connectivity index (χ2v) is 5.72. The van der Waals surface area contributed by atoms with Crippen LogP contribution in [0.5, 0.6) is 0 Å². The first kappa shape index (κ1) is 14.5. The quantitative estimate of drug-likeness (QED) is 0.752. The zero-order valence-electron chi connectivity index (χ0n) is 12.2. The molecule has 1 aliphatic carbocycles. The maximum Gasteiger partial charge on any atom is 0.0713 e. The zero-order chi connectivity index (χ0) is 13.3. The third-order valence-corrected chi connectivity index (χ3v) is 4.12. The van der Waals surface area contributed by atoms with Gasteiger partial charge in [0, 0.05) is 13.7 Å². The SMILES string of the molecule is COCc1ccc(CNCCC2CCCCC2)cc1. The van der Waals surface area contributed by atoms with Gasteiger partial charge in [0.2, 0.25) is 0 Å². The fourth-order valence-electron chi connectivity index (χ4n) is 2.93. The summed E-state index contributed by atoms with van der Waals surface area (Å²) in [7, 11) is 1.74. The van der Waals surface area contributed by atoms with Crippen LogP contribution >= 0.6 is 0 Å². The maximum absolute atomic E-state index is 5.12. The molecule has 0 aliphatic heterocycles. The lowest BCUT2D eigenvalue weighted by atomic mass is 9.87. The summed E-state index contributed by atoms with van der Waals surface area (Å²) in [6, 6.07) is 8.70. The lowest BCUT2D eigenvalue weighted by Crippen LogP contribution is -2.19. The summed E-state index contributed by atoms with van der Waals surface area (Å²) in [4.78, 5) is 0. The summed E-state index contributed by atoms with van der Waals surface area (Å²) < 4.78 is 5.12. The van der Waals surface area contributed by atoms with Crippen LogP contribution in [-0.2, 0) is 17.9 Å². The van der Waals surface area contributed by atoms with Gasteiger partial charge in [-0.25, -0.2) is 0 Å². The molecular formula is C17H27NO. The van der Waals surface area contributed by atoms with Crippen molar-refractivity contribution in [3.63, 3.8) is 0 Å². The van der Waals surface area contributed by atoms with E-state index in [1.165, 1.54) is 49.7 Å². The van der Waals surface area contributed by atoms with Gasteiger partial charge in [-0.05, 0) is 30.0 Å². The van der Waals surface area contributed by atoms with Crippen molar-refractivity contribution < 1.29 is 4.74 Å². The van der Waals surface area contributed by atoms with E-state index in [1.807, 2.05) is 0 Å². The topological polar surface area (TPSA) is 21.3 Å². The van der Waals surface area contributed by atoms with Gasteiger partial charge in [-0.15, -0.1) is 0 Å². The summed E-state index contributed by atoms with van der Waals surface area (Å²) in [6.07, 6.45) is 8.61. The molecule has 0 radical (unpaired) electrons. The lowest BCUT2D eigenvalue weighted by Gasteiger charge is -2.21. The number of hydrogen-bond donors (Lipinski definition) is 1. The van der Waals surface area contributed by atoms with Crippen LogP contribution in [0.25, 0.3) is 0 Å². The third kappa shape index (κ3) is 5.33. The zero-order valence-corrected chi connectivity index (χ0v) is 12.2. The predicted molar refractivity (Wildman–Crippen MR) is 80.1 cm³/mol. The number of methoxy groups -OCH3 is 1. The van der Waals surface area contributed by atoms with Gasteiger partial charge < -0.3 is 10.1 Å². The van der Waals surface area contributed by atoms with E-state index in [2.05, 4.69) is 29.6 Å². The van der Waals surface area contributed by atoms with E-state index >= 15 is 0 Å². The Labute approximate surface area is 117 Å². The average Bonchev–Trinajstić information content (AvgIpc) is 2.47. The van der Waals surface area contributed by atoms with Gasteiger partial charge in [-0.1, -0.05) is 56.4 Å². The molecule has 2 heteroatoms. The summed E-state index contributed by atoms with van der Waals surface area (Å²) in [5, 5.41) is 3.57. The molecule has 106 valence electrons. The summed E-state index contributed by atoms with van der Waals surface area (Å²) in [5.74, 6) is 0.977. The van der Waals surface area contributed by atoms with Gasteiger partial charge in [-0.2, -0.15) is 0 Å². The van der Waals surface area contributed by atoms with Crippen LogP contribution in [0.4, 0.5) is 0 Å². The van der Waals surface area contributed by atoms with Crippen molar-refractivity contribution in [3.05, 3.63) is 35.4 Å². The molecule has 2 rings (SSSR count). The highest BCUT2D eigenvalue weighted by Gasteiger charge is 2.12. The minimum absolute atomic E-state index is 0.704. The van der Waals surface area contributed by atoms with Crippen molar-refractivity contribution in [2.45, 2.75) is 51.7 Å². The molecule has 1 aromatic carbocycles. The van der Waals surface area contributed by atoms with Crippen molar-refractivity contribution in [2.75, 3.05) is 13.7 Å². The predicted octanol–water partition coefficient (Wildman–Crippen LogP) is 3.89. The molecule has 0 heterocycles. The normalized spacial score (nSPS) is 16.7. The molecule has 0 unspecified atom stereocenters. The highest BCUT2D eigenvalue weighted by Crippen LogP contribution is 2.25. The maximum atomic E-state index is 5.12. The molecule has 1 aliphatic rings. The molecule has 1 aromatic rings. The van der Waals surface area contributed by atoms with Gasteiger partial charge in [0.15, 0.2) is 0 Å². The Bertz CT molecular complexity index is 341. The van der Waals surface area contributed by atoms with Crippen molar-refractivity contribution in [2.24, 2.45) is 5.92 Å². The molecule has 1 saturated carbocycles. The Morgan fingerprint density at radius 3 is 2.42 bits per heavy atom. The first-order valence-electron chi connectivity index (χ1n) is 7.66. The number of nitrogens with one attached hydrogen (secondary N) is 1. The minimum atomic E-state index is 0.704. The van der Waals surface area contributed by atoms with Crippen LogP contribution in [0.2, 0.25) is 0 Å². The Kier molecular flexibility index (Phi) is 6.38. The number of benzene rings is 1. The molecule has 0 atom stereocenters. The first-order valence-corrected chi connectivity index (χ1v) is 7.66. The Morgan fingerprint density at radius 2 is 1.74 bits per heavy atom. The summed E-state index contributed by atoms with van der Waals surface area (Å²) >= 11 is 0. The van der Waals surface area contributed by atoms with Gasteiger partial charge in [0.05, 0.1) is 6.61 Å². The Balaban J connectivity index is 1.62. The standard InChI is InChI=1S/C17H27NO/c1-19-14-17-9-7-16(8-10-17)13-18-12-11-15-5-3-2-4-6-15/h7-10,15,18H,2-6,11-14H2,1H3. The molecule has 1 N–H and O–H groups in total. The van der Waals surface area contributed by atoms with E-state index in [0.29, 0.717) is 6.61 Å². The average molecular weight is 261 g/mol. The molecule has 19 heavy (non-hydrogen) atoms. The largest absolute Gasteiger partial charge is 0.380 e. The Hall–Kier alpha value is -0.860. The molecule has 0 spiro atoms. The van der Waals surface area contributed by atoms with Crippen molar-refractivity contribution in [3.8, 4) is 0 Å². The van der Waals surface area contributed by atoms with Gasteiger partial charge in [0.25, 0.3) is 0 Å². The fraction of sp³-hybridized carbons (Fsp3) is 0.647. The van der Waals surface area contributed by atoms with E-state index in [1.54, 1.807) is 7.11 Å². The van der Waals surface area contributed by atoms with Crippen molar-refractivity contribution in [1.29, 1.82) is 0 Å². The monoisotopic (exact) mass is 261 g/mol. The van der Waals surface area contributed by atoms with Crippen LogP contribution in [0.3, 0.4) is 0 Å². The molecular weight excluding hydrogens is 234 g/mol. The molecule has 2 nitrogen and oxygen atoms in total. The van der Waals surface area contributed by atoms with Crippen LogP contribution in [0.15, 0.2) is 24.3 Å². The van der Waals surface area contributed by atoms with E-state index < -0.39 is 0 Å². The smallest absolute Gasteiger partial charge is 0.0713 e. The Morgan fingerprint density at radius 1 is 1.05 bits per heavy atom. The van der Waals surface area contributed by atoms with Crippen LogP contribution < -0.4 is 5.32 Å². The molecule has 0 bridgehead atoms. The molecule has 0 amide bonds. The second-order valence-electron chi connectivity index (χ2n) is 5.72. The second kappa shape index (κ2) is 8.34. The van der Waals surface area contributed by atoms with Crippen LogP contribution in [0, 0.1) is 5.92 Å². The third-order valence-electron chi connectivity index (χ3n) is 4.12. The summed E-state index contributed by atoms with van der Waals surface area (Å²) in [6.45, 7) is 2.85. The molecule has 0 saturated heterocycles. The fourth-order valence-corrected chi connectivity index (χ4v) is 2.93. The number of hydrogen-bond acceptors (Lipinski definition) is 2. The molecule has 1 fully saturated rings. The van der Waals surface area contributed by atoms with E-state index in [4.69, 9.17) is 4.74 Å². The van der Waals surface area contributed by atoms with Crippen molar-refractivity contribution in [1.82, 2.24) is 5.32 Å². The number of rotatable bonds is 7. The van der Waals surface area contributed by atoms with Gasteiger partial charge in [0.1, 0.15) is 0 Å². The molecule has 0 aromatic heterocycles. The summed E-state index contributed by atoms with van der Waals surface area (Å²) in [5.41, 5.74) is 2.61.